The van der Waals surface area contributed by atoms with E-state index in [1.165, 1.54) is 0 Å². The number of rotatable bonds is 3. The highest BCUT2D eigenvalue weighted by Crippen LogP contribution is 1.99. The zero-order valence-corrected chi connectivity index (χ0v) is 6.74. The van der Waals surface area contributed by atoms with Crippen molar-refractivity contribution in [3.63, 3.8) is 0 Å². The average molecular weight is 172 g/mol. The lowest BCUT2D eigenvalue weighted by Gasteiger charge is -2.02. The lowest BCUT2D eigenvalue weighted by Crippen LogP contribution is -2.22. The monoisotopic (exact) mass is 171 g/mol. The van der Waals surface area contributed by atoms with Crippen molar-refractivity contribution in [3.8, 4) is 0 Å². The van der Waals surface area contributed by atoms with Crippen LogP contribution in [0.1, 0.15) is 6.92 Å². The summed E-state index contributed by atoms with van der Waals surface area (Å²) in [6.45, 7) is 1.73. The van der Waals surface area contributed by atoms with Gasteiger partial charge in [0.2, 0.25) is 10.0 Å². The van der Waals surface area contributed by atoms with Crippen molar-refractivity contribution in [2.75, 3.05) is 11.6 Å². The Labute approximate surface area is 60.2 Å². The van der Waals surface area contributed by atoms with Gasteiger partial charge < -0.3 is 0 Å². The van der Waals surface area contributed by atoms with Gasteiger partial charge in [0.25, 0.3) is 0 Å². The summed E-state index contributed by atoms with van der Waals surface area (Å²) < 4.78 is 20.6. The van der Waals surface area contributed by atoms with Gasteiger partial charge in [-0.05, 0) is 5.92 Å². The van der Waals surface area contributed by atoms with Crippen molar-refractivity contribution in [1.29, 1.82) is 0 Å². The van der Waals surface area contributed by atoms with Crippen LogP contribution < -0.4 is 5.14 Å². The summed E-state index contributed by atoms with van der Waals surface area (Å²) in [6, 6.07) is 0. The quantitative estimate of drug-likeness (QED) is 0.615. The van der Waals surface area contributed by atoms with Crippen LogP contribution in [0, 0.1) is 5.92 Å². The van der Waals surface area contributed by atoms with Crippen LogP contribution in [0.4, 0.5) is 0 Å². The number of hydrogen-bond donors (Lipinski definition) is 1. The molecule has 0 amide bonds. The van der Waals surface area contributed by atoms with Gasteiger partial charge in [0, 0.05) is 5.88 Å². The van der Waals surface area contributed by atoms with Crippen molar-refractivity contribution in [1.82, 2.24) is 0 Å². The molecular formula is C4H10ClNO2S. The first-order valence-corrected chi connectivity index (χ1v) is 4.77. The average Bonchev–Trinajstić information content (AvgIpc) is 1.62. The highest BCUT2D eigenvalue weighted by atomic mass is 35.5. The second-order valence-electron chi connectivity index (χ2n) is 2.09. The Morgan fingerprint density at radius 2 is 2.11 bits per heavy atom. The van der Waals surface area contributed by atoms with Crippen LogP contribution in [0.25, 0.3) is 0 Å². The molecule has 56 valence electrons. The molecule has 3 nitrogen and oxygen atoms in total. The normalized spacial score (nSPS) is 15.4. The van der Waals surface area contributed by atoms with Gasteiger partial charge in [-0.1, -0.05) is 6.92 Å². The molecule has 5 heteroatoms. The van der Waals surface area contributed by atoms with E-state index in [2.05, 4.69) is 0 Å². The van der Waals surface area contributed by atoms with E-state index < -0.39 is 10.0 Å². The van der Waals surface area contributed by atoms with Crippen LogP contribution in [-0.4, -0.2) is 20.1 Å². The fraction of sp³-hybridized carbons (Fsp3) is 1.00. The first kappa shape index (κ1) is 9.20. The number of sulfonamides is 1. The van der Waals surface area contributed by atoms with Gasteiger partial charge >= 0.3 is 0 Å². The van der Waals surface area contributed by atoms with Gasteiger partial charge in [0.15, 0.2) is 0 Å². The van der Waals surface area contributed by atoms with Gasteiger partial charge in [-0.15, -0.1) is 11.6 Å². The minimum absolute atomic E-state index is 0.0312. The maximum absolute atomic E-state index is 10.3. The highest BCUT2D eigenvalue weighted by molar-refractivity contribution is 7.89. The molecule has 2 N–H and O–H groups in total. The van der Waals surface area contributed by atoms with Crippen LogP contribution in [-0.2, 0) is 10.0 Å². The van der Waals surface area contributed by atoms with Crippen molar-refractivity contribution < 1.29 is 8.42 Å². The van der Waals surface area contributed by atoms with Gasteiger partial charge in [0.05, 0.1) is 5.75 Å². The molecule has 0 rings (SSSR count). The second-order valence-corrected chi connectivity index (χ2v) is 4.06. The smallest absolute Gasteiger partial charge is 0.209 e. The molecule has 9 heavy (non-hydrogen) atoms. The zero-order valence-electron chi connectivity index (χ0n) is 5.17. The van der Waals surface area contributed by atoms with E-state index in [1.807, 2.05) is 0 Å². The molecule has 0 fully saturated rings. The summed E-state index contributed by atoms with van der Waals surface area (Å²) in [5.41, 5.74) is 0. The van der Waals surface area contributed by atoms with Gasteiger partial charge in [-0.3, -0.25) is 0 Å². The zero-order chi connectivity index (χ0) is 7.49. The molecule has 0 aromatic carbocycles. The molecule has 0 aliphatic heterocycles. The number of halogens is 1. The first-order valence-electron chi connectivity index (χ1n) is 2.52. The minimum Gasteiger partial charge on any atom is -0.229 e. The summed E-state index contributed by atoms with van der Waals surface area (Å²) in [5, 5.41) is 4.73. The fourth-order valence-corrected chi connectivity index (χ4v) is 1.59. The highest BCUT2D eigenvalue weighted by Gasteiger charge is 2.08. The SMILES string of the molecule is CC(CCl)CS(N)(=O)=O. The molecule has 1 unspecified atom stereocenters. The largest absolute Gasteiger partial charge is 0.229 e. The molecule has 1 atom stereocenters. The summed E-state index contributed by atoms with van der Waals surface area (Å²) in [6.07, 6.45) is 0. The molecule has 0 aromatic heterocycles. The van der Waals surface area contributed by atoms with Crippen molar-refractivity contribution in [3.05, 3.63) is 0 Å². The number of primary sulfonamides is 1. The van der Waals surface area contributed by atoms with E-state index in [0.29, 0.717) is 5.88 Å². The van der Waals surface area contributed by atoms with E-state index in [-0.39, 0.29) is 11.7 Å². The maximum atomic E-state index is 10.3. The topological polar surface area (TPSA) is 60.2 Å². The lowest BCUT2D eigenvalue weighted by molar-refractivity contribution is 0.585. The third-order valence-corrected chi connectivity index (χ3v) is 2.34. The van der Waals surface area contributed by atoms with E-state index in [9.17, 15) is 8.42 Å². The van der Waals surface area contributed by atoms with Gasteiger partial charge in [-0.2, -0.15) is 0 Å². The van der Waals surface area contributed by atoms with Crippen LogP contribution in [0.3, 0.4) is 0 Å². The molecule has 0 aromatic rings. The van der Waals surface area contributed by atoms with Gasteiger partial charge in [0.1, 0.15) is 0 Å². The third-order valence-electron chi connectivity index (χ3n) is 0.780. The van der Waals surface area contributed by atoms with Crippen molar-refractivity contribution in [2.24, 2.45) is 11.1 Å². The minimum atomic E-state index is -3.32. The summed E-state index contributed by atoms with van der Waals surface area (Å²) in [7, 11) is -3.32. The predicted octanol–water partition coefficient (Wildman–Crippen LogP) is 0.150. The molecule has 0 saturated heterocycles. The molecule has 0 bridgehead atoms. The van der Waals surface area contributed by atoms with Crippen LogP contribution >= 0.6 is 11.6 Å². The Morgan fingerprint density at radius 1 is 1.67 bits per heavy atom. The Hall–Kier alpha value is 0.200. The Kier molecular flexibility index (Phi) is 3.46. The standard InChI is InChI=1S/C4H10ClNO2S/c1-4(2-5)3-9(6,7)8/h4H,2-3H2,1H3,(H2,6,7,8). The number of alkyl halides is 1. The Bertz CT molecular complexity index is 165. The fourth-order valence-electron chi connectivity index (χ4n) is 0.441. The van der Waals surface area contributed by atoms with Crippen LogP contribution in [0.5, 0.6) is 0 Å². The van der Waals surface area contributed by atoms with Gasteiger partial charge in [-0.25, -0.2) is 13.6 Å². The van der Waals surface area contributed by atoms with Crippen LogP contribution in [0.15, 0.2) is 0 Å². The van der Waals surface area contributed by atoms with E-state index in [4.69, 9.17) is 16.7 Å². The summed E-state index contributed by atoms with van der Waals surface area (Å²) in [5.74, 6) is 0.245. The molecule has 0 aliphatic rings. The first-order chi connectivity index (χ1) is 3.95. The molecule has 0 radical (unpaired) electrons. The van der Waals surface area contributed by atoms with Crippen LogP contribution in [0.2, 0.25) is 0 Å². The molecule has 0 heterocycles. The van der Waals surface area contributed by atoms with E-state index >= 15 is 0 Å². The molecule has 0 saturated carbocycles. The molecule has 0 spiro atoms. The lowest BCUT2D eigenvalue weighted by atomic mass is 10.3. The van der Waals surface area contributed by atoms with Crippen molar-refractivity contribution in [2.45, 2.75) is 6.92 Å². The predicted molar refractivity (Wildman–Crippen MR) is 37.9 cm³/mol. The maximum Gasteiger partial charge on any atom is 0.209 e. The second kappa shape index (κ2) is 3.39. The van der Waals surface area contributed by atoms with E-state index in [1.54, 1.807) is 6.92 Å². The summed E-state index contributed by atoms with van der Waals surface area (Å²) in [4.78, 5) is 0. The third kappa shape index (κ3) is 6.08. The molecule has 0 aliphatic carbocycles. The van der Waals surface area contributed by atoms with Crippen molar-refractivity contribution >= 4 is 21.6 Å². The van der Waals surface area contributed by atoms with E-state index in [0.717, 1.165) is 0 Å². The molecular weight excluding hydrogens is 162 g/mol. The number of nitrogens with two attached hydrogens (primary N) is 1. The number of hydrogen-bond acceptors (Lipinski definition) is 2. The Morgan fingerprint density at radius 3 is 2.22 bits per heavy atom. The summed E-state index contributed by atoms with van der Waals surface area (Å²) >= 11 is 5.34. The Balaban J connectivity index is 3.75.